The number of carbonyl (C=O) groups excluding carboxylic acids is 2. The maximum Gasteiger partial charge on any atom is 0.338 e. The van der Waals surface area contributed by atoms with Crippen molar-refractivity contribution >= 4 is 12.0 Å². The summed E-state index contributed by atoms with van der Waals surface area (Å²) in [6.07, 6.45) is -0.234. The van der Waals surface area contributed by atoms with E-state index in [-0.39, 0.29) is 12.1 Å². The number of nitrogens with one attached hydrogen (secondary N) is 2. The molecular weight excluding hydrogens is 284 g/mol. The predicted molar refractivity (Wildman–Crippen MR) is 81.3 cm³/mol. The van der Waals surface area contributed by atoms with E-state index in [2.05, 4.69) is 10.6 Å². The van der Waals surface area contributed by atoms with Crippen LogP contribution in [0.4, 0.5) is 4.79 Å². The van der Waals surface area contributed by atoms with Gasteiger partial charge in [0.2, 0.25) is 0 Å². The molecule has 0 saturated carbocycles. The number of carbonyl (C=O) groups is 2. The fraction of sp³-hybridized carbons (Fsp3) is 0.375. The molecule has 6 heteroatoms. The van der Waals surface area contributed by atoms with Crippen molar-refractivity contribution in [1.29, 1.82) is 0 Å². The molecule has 0 radical (unpaired) electrons. The Morgan fingerprint density at radius 2 is 1.86 bits per heavy atom. The second kappa shape index (κ2) is 6.51. The molecule has 1 heterocycles. The highest BCUT2D eigenvalue weighted by molar-refractivity contribution is 5.95. The molecule has 118 valence electrons. The van der Waals surface area contributed by atoms with E-state index in [9.17, 15) is 9.59 Å². The molecule has 0 bridgehead atoms. The lowest BCUT2D eigenvalue weighted by Gasteiger charge is -2.28. The molecule has 0 aliphatic carbocycles. The molecule has 1 atom stereocenters. The molecule has 2 rings (SSSR count). The smallest absolute Gasteiger partial charge is 0.338 e. The summed E-state index contributed by atoms with van der Waals surface area (Å²) in [6, 6.07) is 6.29. The van der Waals surface area contributed by atoms with Gasteiger partial charge in [0.1, 0.15) is 5.75 Å². The van der Waals surface area contributed by atoms with Crippen LogP contribution in [0.5, 0.6) is 5.75 Å². The van der Waals surface area contributed by atoms with E-state index in [1.54, 1.807) is 40.0 Å². The summed E-state index contributed by atoms with van der Waals surface area (Å²) in [6.45, 7) is 5.25. The summed E-state index contributed by atoms with van der Waals surface area (Å²) in [5.41, 5.74) is 1.68. The minimum Gasteiger partial charge on any atom is -0.497 e. The SMILES string of the molecule is COc1ccc([C@H]2NC(=O)NC(C)=C2C(=O)OC(C)C)cc1. The quantitative estimate of drug-likeness (QED) is 0.837. The van der Waals surface area contributed by atoms with E-state index in [1.165, 1.54) is 0 Å². The minimum atomic E-state index is -0.550. The number of amides is 2. The van der Waals surface area contributed by atoms with Crippen LogP contribution in [-0.2, 0) is 9.53 Å². The van der Waals surface area contributed by atoms with Crippen molar-refractivity contribution in [3.05, 3.63) is 41.1 Å². The van der Waals surface area contributed by atoms with Crippen LogP contribution >= 0.6 is 0 Å². The lowest BCUT2D eigenvalue weighted by atomic mass is 9.95. The second-order valence-electron chi connectivity index (χ2n) is 5.30. The third-order valence-electron chi connectivity index (χ3n) is 3.28. The van der Waals surface area contributed by atoms with E-state index < -0.39 is 12.0 Å². The molecule has 0 saturated heterocycles. The van der Waals surface area contributed by atoms with Crippen LogP contribution in [0.25, 0.3) is 0 Å². The highest BCUT2D eigenvalue weighted by Gasteiger charge is 2.32. The summed E-state index contributed by atoms with van der Waals surface area (Å²) in [4.78, 5) is 24.1. The van der Waals surface area contributed by atoms with Gasteiger partial charge in [-0.05, 0) is 38.5 Å². The predicted octanol–water partition coefficient (Wildman–Crippen LogP) is 2.27. The number of esters is 1. The molecule has 1 aliphatic heterocycles. The van der Waals surface area contributed by atoms with E-state index in [4.69, 9.17) is 9.47 Å². The maximum absolute atomic E-state index is 12.3. The normalized spacial score (nSPS) is 17.9. The lowest BCUT2D eigenvalue weighted by molar-refractivity contribution is -0.143. The Morgan fingerprint density at radius 3 is 2.41 bits per heavy atom. The average Bonchev–Trinajstić information content (AvgIpc) is 2.45. The number of hydrogen-bond acceptors (Lipinski definition) is 4. The molecule has 2 N–H and O–H groups in total. The van der Waals surface area contributed by atoms with Gasteiger partial charge in [0.25, 0.3) is 0 Å². The molecule has 6 nitrogen and oxygen atoms in total. The summed E-state index contributed by atoms with van der Waals surface area (Å²) < 4.78 is 10.4. The van der Waals surface area contributed by atoms with E-state index in [1.807, 2.05) is 12.1 Å². The Balaban J connectivity index is 2.38. The first-order valence-electron chi connectivity index (χ1n) is 7.05. The van der Waals surface area contributed by atoms with Gasteiger partial charge in [0.05, 0.1) is 24.8 Å². The molecule has 22 heavy (non-hydrogen) atoms. The van der Waals surface area contributed by atoms with Crippen molar-refractivity contribution in [2.45, 2.75) is 32.9 Å². The third-order valence-corrected chi connectivity index (χ3v) is 3.28. The van der Waals surface area contributed by atoms with Crippen LogP contribution < -0.4 is 15.4 Å². The monoisotopic (exact) mass is 304 g/mol. The number of ether oxygens (including phenoxy) is 2. The zero-order valence-corrected chi connectivity index (χ0v) is 13.1. The standard InChI is InChI=1S/C16H20N2O4/c1-9(2)22-15(19)13-10(3)17-16(20)18-14(13)11-5-7-12(21-4)8-6-11/h5-9,14H,1-4H3,(H2,17,18,20)/t14-/m1/s1. The van der Waals surface area contributed by atoms with Crippen LogP contribution in [-0.4, -0.2) is 25.2 Å². The number of benzene rings is 1. The maximum atomic E-state index is 12.3. The van der Waals surface area contributed by atoms with Gasteiger partial charge in [-0.25, -0.2) is 9.59 Å². The zero-order valence-electron chi connectivity index (χ0n) is 13.1. The van der Waals surface area contributed by atoms with Crippen LogP contribution in [0.3, 0.4) is 0 Å². The summed E-state index contributed by atoms with van der Waals surface area (Å²) in [5, 5.41) is 5.37. The third kappa shape index (κ3) is 3.39. The first-order chi connectivity index (χ1) is 10.4. The molecule has 0 fully saturated rings. The molecule has 1 aromatic rings. The van der Waals surface area contributed by atoms with E-state index in [0.29, 0.717) is 17.0 Å². The van der Waals surface area contributed by atoms with Gasteiger partial charge in [0, 0.05) is 5.70 Å². The molecule has 1 aliphatic rings. The largest absolute Gasteiger partial charge is 0.497 e. The van der Waals surface area contributed by atoms with Gasteiger partial charge in [-0.3, -0.25) is 0 Å². The Labute approximate surface area is 129 Å². The zero-order chi connectivity index (χ0) is 16.3. The highest BCUT2D eigenvalue weighted by atomic mass is 16.5. The fourth-order valence-electron chi connectivity index (χ4n) is 2.29. The number of rotatable bonds is 4. The fourth-order valence-corrected chi connectivity index (χ4v) is 2.29. The Kier molecular flexibility index (Phi) is 4.70. The van der Waals surface area contributed by atoms with Crippen LogP contribution in [0.1, 0.15) is 32.4 Å². The van der Waals surface area contributed by atoms with E-state index >= 15 is 0 Å². The average molecular weight is 304 g/mol. The number of allylic oxidation sites excluding steroid dienone is 1. The van der Waals surface area contributed by atoms with Gasteiger partial charge in [-0.1, -0.05) is 12.1 Å². The Bertz CT molecular complexity index is 605. The Morgan fingerprint density at radius 1 is 1.23 bits per heavy atom. The summed E-state index contributed by atoms with van der Waals surface area (Å²) >= 11 is 0. The lowest BCUT2D eigenvalue weighted by Crippen LogP contribution is -2.45. The number of methoxy groups -OCH3 is 1. The summed E-state index contributed by atoms with van der Waals surface area (Å²) in [7, 11) is 1.58. The number of hydrogen-bond donors (Lipinski definition) is 2. The van der Waals surface area contributed by atoms with E-state index in [0.717, 1.165) is 5.56 Å². The molecule has 0 unspecified atom stereocenters. The van der Waals surface area contributed by atoms with Crippen molar-refractivity contribution in [2.24, 2.45) is 0 Å². The van der Waals surface area contributed by atoms with Crippen molar-refractivity contribution < 1.29 is 19.1 Å². The van der Waals surface area contributed by atoms with Crippen molar-refractivity contribution in [1.82, 2.24) is 10.6 Å². The molecular formula is C16H20N2O4. The van der Waals surface area contributed by atoms with Crippen molar-refractivity contribution in [3.8, 4) is 5.75 Å². The minimum absolute atomic E-state index is 0.234. The topological polar surface area (TPSA) is 76.7 Å². The van der Waals surface area contributed by atoms with Gasteiger partial charge in [-0.2, -0.15) is 0 Å². The molecule has 0 aromatic heterocycles. The van der Waals surface area contributed by atoms with Gasteiger partial charge < -0.3 is 20.1 Å². The first-order valence-corrected chi connectivity index (χ1v) is 7.05. The van der Waals surface area contributed by atoms with Gasteiger partial charge >= 0.3 is 12.0 Å². The molecule has 2 amide bonds. The van der Waals surface area contributed by atoms with Crippen LogP contribution in [0.15, 0.2) is 35.5 Å². The van der Waals surface area contributed by atoms with Crippen molar-refractivity contribution in [3.63, 3.8) is 0 Å². The van der Waals surface area contributed by atoms with Gasteiger partial charge in [-0.15, -0.1) is 0 Å². The molecule has 1 aromatic carbocycles. The highest BCUT2D eigenvalue weighted by Crippen LogP contribution is 2.29. The first kappa shape index (κ1) is 15.9. The Hall–Kier alpha value is -2.50. The van der Waals surface area contributed by atoms with Crippen LogP contribution in [0, 0.1) is 0 Å². The van der Waals surface area contributed by atoms with Crippen LogP contribution in [0.2, 0.25) is 0 Å². The second-order valence-corrected chi connectivity index (χ2v) is 5.30. The number of urea groups is 1. The van der Waals surface area contributed by atoms with Crippen molar-refractivity contribution in [2.75, 3.05) is 7.11 Å². The molecule has 0 spiro atoms. The summed E-state index contributed by atoms with van der Waals surface area (Å²) in [5.74, 6) is 0.261. The van der Waals surface area contributed by atoms with Gasteiger partial charge in [0.15, 0.2) is 0 Å².